The number of hydrogen-bond acceptors (Lipinski definition) is 5. The van der Waals surface area contributed by atoms with Gasteiger partial charge < -0.3 is 14.6 Å². The fourth-order valence-electron chi connectivity index (χ4n) is 6.29. The summed E-state index contributed by atoms with van der Waals surface area (Å²) in [6.45, 7) is 3.98. The van der Waals surface area contributed by atoms with Crippen LogP contribution in [0.25, 0.3) is 0 Å². The lowest BCUT2D eigenvalue weighted by molar-refractivity contribution is -0.161. The van der Waals surface area contributed by atoms with E-state index < -0.39 is 6.10 Å². The van der Waals surface area contributed by atoms with Crippen LogP contribution >= 0.6 is 0 Å². The lowest BCUT2D eigenvalue weighted by atomic mass is 10.0. The van der Waals surface area contributed by atoms with Gasteiger partial charge in [0, 0.05) is 12.8 Å². The van der Waals surface area contributed by atoms with Crippen molar-refractivity contribution >= 4 is 11.9 Å². The average molecular weight is 805 g/mol. The summed E-state index contributed by atoms with van der Waals surface area (Å²) in [5, 5.41) is 9.60. The fourth-order valence-corrected chi connectivity index (χ4v) is 6.29. The van der Waals surface area contributed by atoms with E-state index in [1.54, 1.807) is 0 Å². The summed E-state index contributed by atoms with van der Waals surface area (Å²) in [6, 6.07) is 0. The first-order valence-corrected chi connectivity index (χ1v) is 23.8. The van der Waals surface area contributed by atoms with Crippen molar-refractivity contribution in [1.82, 2.24) is 0 Å². The predicted molar refractivity (Wildman–Crippen MR) is 251 cm³/mol. The van der Waals surface area contributed by atoms with E-state index in [4.69, 9.17) is 9.47 Å². The Hall–Kier alpha value is -3.18. The van der Waals surface area contributed by atoms with E-state index in [0.717, 1.165) is 83.5 Å². The van der Waals surface area contributed by atoms with E-state index in [1.807, 2.05) is 0 Å². The first-order chi connectivity index (χ1) is 28.6. The van der Waals surface area contributed by atoms with Gasteiger partial charge in [-0.3, -0.25) is 9.59 Å². The monoisotopic (exact) mass is 805 g/mol. The van der Waals surface area contributed by atoms with Crippen molar-refractivity contribution in [1.29, 1.82) is 0 Å². The van der Waals surface area contributed by atoms with Crippen molar-refractivity contribution in [3.8, 4) is 0 Å². The second kappa shape index (κ2) is 48.2. The second-order valence-corrected chi connectivity index (χ2v) is 15.4. The lowest BCUT2D eigenvalue weighted by Gasteiger charge is -2.15. The summed E-state index contributed by atoms with van der Waals surface area (Å²) in [5.41, 5.74) is 0. The highest BCUT2D eigenvalue weighted by molar-refractivity contribution is 5.70. The Morgan fingerprint density at radius 1 is 0.414 bits per heavy atom. The maximum Gasteiger partial charge on any atom is 0.306 e. The molecule has 1 N–H and O–H groups in total. The van der Waals surface area contributed by atoms with Gasteiger partial charge in [0.05, 0.1) is 6.61 Å². The summed E-state index contributed by atoms with van der Waals surface area (Å²) in [6.07, 6.45) is 67.7. The zero-order chi connectivity index (χ0) is 42.1. The van der Waals surface area contributed by atoms with Gasteiger partial charge in [-0.05, 0) is 96.3 Å². The van der Waals surface area contributed by atoms with Crippen LogP contribution < -0.4 is 0 Å². The number of ether oxygens (including phenoxy) is 2. The Morgan fingerprint density at radius 3 is 1.16 bits per heavy atom. The molecule has 0 aromatic carbocycles. The van der Waals surface area contributed by atoms with Gasteiger partial charge in [-0.15, -0.1) is 0 Å². The number of aliphatic hydroxyl groups is 1. The van der Waals surface area contributed by atoms with Crippen LogP contribution in [0.2, 0.25) is 0 Å². The summed E-state index contributed by atoms with van der Waals surface area (Å²) < 4.78 is 10.6. The van der Waals surface area contributed by atoms with Crippen LogP contribution in [0, 0.1) is 0 Å². The van der Waals surface area contributed by atoms with Crippen molar-refractivity contribution in [3.63, 3.8) is 0 Å². The Labute approximate surface area is 358 Å². The van der Waals surface area contributed by atoms with E-state index in [1.165, 1.54) is 96.3 Å². The Morgan fingerprint density at radius 2 is 0.741 bits per heavy atom. The number of carbonyl (C=O) groups excluding carboxylic acids is 2. The quantitative estimate of drug-likeness (QED) is 0.0378. The summed E-state index contributed by atoms with van der Waals surface area (Å²) in [7, 11) is 0. The molecule has 0 fully saturated rings. The Bertz CT molecular complexity index is 1140. The highest BCUT2D eigenvalue weighted by Crippen LogP contribution is 2.14. The molecule has 0 saturated carbocycles. The second-order valence-electron chi connectivity index (χ2n) is 15.4. The maximum absolute atomic E-state index is 12.2. The fraction of sp³-hybridized carbons (Fsp3) is 0.660. The van der Waals surface area contributed by atoms with Crippen LogP contribution in [0.3, 0.4) is 0 Å². The largest absolute Gasteiger partial charge is 0.462 e. The normalized spacial score (nSPS) is 13.1. The summed E-state index contributed by atoms with van der Waals surface area (Å²) in [4.78, 5) is 24.4. The topological polar surface area (TPSA) is 72.8 Å². The maximum atomic E-state index is 12.2. The molecule has 5 nitrogen and oxygen atoms in total. The Balaban J connectivity index is 3.62. The SMILES string of the molecule is CC/C=C\C/C=C\C/C=C\C/C=C\C/C=C\C/C=C\CCCCC(=O)OC(CO)COC(=O)CCCCCCCCCCCCC/C=C\C/C=C\CCCCCCC. The number of rotatable bonds is 42. The molecule has 330 valence electrons. The minimum Gasteiger partial charge on any atom is -0.462 e. The first kappa shape index (κ1) is 54.8. The van der Waals surface area contributed by atoms with Crippen LogP contribution in [0.15, 0.2) is 97.2 Å². The smallest absolute Gasteiger partial charge is 0.306 e. The molecule has 0 aliphatic heterocycles. The Kier molecular flexibility index (Phi) is 45.5. The molecule has 0 radical (unpaired) electrons. The molecule has 0 aromatic rings. The van der Waals surface area contributed by atoms with Gasteiger partial charge in [0.25, 0.3) is 0 Å². The molecule has 0 aliphatic rings. The zero-order valence-corrected chi connectivity index (χ0v) is 37.5. The molecule has 58 heavy (non-hydrogen) atoms. The molecule has 1 unspecified atom stereocenters. The van der Waals surface area contributed by atoms with Gasteiger partial charge in [-0.1, -0.05) is 195 Å². The van der Waals surface area contributed by atoms with E-state index in [2.05, 4.69) is 111 Å². The van der Waals surface area contributed by atoms with Crippen LogP contribution in [0.1, 0.15) is 206 Å². The van der Waals surface area contributed by atoms with Gasteiger partial charge in [-0.2, -0.15) is 0 Å². The molecule has 0 aromatic heterocycles. The van der Waals surface area contributed by atoms with Gasteiger partial charge in [0.15, 0.2) is 6.10 Å². The number of allylic oxidation sites excluding steroid dienone is 16. The molecule has 0 saturated heterocycles. The molecule has 5 heteroatoms. The van der Waals surface area contributed by atoms with Crippen molar-refractivity contribution in [2.24, 2.45) is 0 Å². The standard InChI is InChI=1S/C53H88O5/c1-3-5-7-9-11-13-15-17-19-21-23-25-26-28-29-31-33-35-37-39-41-43-45-47-52(55)57-50-51(49-54)58-53(56)48-46-44-42-40-38-36-34-32-30-27-24-22-20-18-16-14-12-10-8-6-4-2/h6,8,12,14-15,17-18,20-21,23-24,27,32,34,38,40,51,54H,3-5,7,9-11,13,16,19,22,25-26,28-31,33,35-37,39,41-50H2,1-2H3/b8-6-,14-12-,17-15-,20-18-,23-21-,27-24-,34-32-,40-38-. The van der Waals surface area contributed by atoms with Gasteiger partial charge in [-0.25, -0.2) is 0 Å². The number of unbranched alkanes of at least 4 members (excludes halogenated alkanes) is 18. The van der Waals surface area contributed by atoms with Crippen LogP contribution in [0.4, 0.5) is 0 Å². The van der Waals surface area contributed by atoms with Crippen LogP contribution in [-0.4, -0.2) is 36.4 Å². The van der Waals surface area contributed by atoms with Crippen molar-refractivity contribution < 1.29 is 24.2 Å². The van der Waals surface area contributed by atoms with E-state index in [-0.39, 0.29) is 25.2 Å². The molecule has 0 rings (SSSR count). The van der Waals surface area contributed by atoms with Gasteiger partial charge >= 0.3 is 11.9 Å². The highest BCUT2D eigenvalue weighted by Gasteiger charge is 2.16. The summed E-state index contributed by atoms with van der Waals surface area (Å²) in [5.74, 6) is -0.648. The zero-order valence-electron chi connectivity index (χ0n) is 37.5. The molecular weight excluding hydrogens is 717 g/mol. The minimum atomic E-state index is -0.802. The third-order valence-electron chi connectivity index (χ3n) is 9.86. The van der Waals surface area contributed by atoms with Crippen molar-refractivity contribution in [2.45, 2.75) is 213 Å². The molecule has 0 spiro atoms. The summed E-state index contributed by atoms with van der Waals surface area (Å²) >= 11 is 0. The number of carbonyl (C=O) groups is 2. The predicted octanol–water partition coefficient (Wildman–Crippen LogP) is 15.6. The third kappa shape index (κ3) is 45.5. The highest BCUT2D eigenvalue weighted by atomic mass is 16.6. The first-order valence-electron chi connectivity index (χ1n) is 23.8. The number of aliphatic hydroxyl groups excluding tert-OH is 1. The van der Waals surface area contributed by atoms with E-state index >= 15 is 0 Å². The minimum absolute atomic E-state index is 0.0900. The molecule has 0 bridgehead atoms. The van der Waals surface area contributed by atoms with Gasteiger partial charge in [0.1, 0.15) is 6.61 Å². The van der Waals surface area contributed by atoms with Crippen LogP contribution in [0.5, 0.6) is 0 Å². The lowest BCUT2D eigenvalue weighted by Crippen LogP contribution is -2.28. The van der Waals surface area contributed by atoms with Gasteiger partial charge in [0.2, 0.25) is 0 Å². The van der Waals surface area contributed by atoms with Crippen LogP contribution in [-0.2, 0) is 19.1 Å². The van der Waals surface area contributed by atoms with Crippen molar-refractivity contribution in [3.05, 3.63) is 97.2 Å². The molecule has 0 heterocycles. The number of hydrogen-bond donors (Lipinski definition) is 1. The molecule has 1 atom stereocenters. The third-order valence-corrected chi connectivity index (χ3v) is 9.86. The average Bonchev–Trinajstić information content (AvgIpc) is 3.23. The van der Waals surface area contributed by atoms with Crippen molar-refractivity contribution in [2.75, 3.05) is 13.2 Å². The molecule has 0 aliphatic carbocycles. The van der Waals surface area contributed by atoms with E-state index in [0.29, 0.717) is 12.8 Å². The molecular formula is C53H88O5. The number of esters is 2. The molecule has 0 amide bonds. The van der Waals surface area contributed by atoms with E-state index in [9.17, 15) is 14.7 Å².